The van der Waals surface area contributed by atoms with E-state index in [-0.39, 0.29) is 24.2 Å². The number of anilines is 1. The number of ether oxygens (including phenoxy) is 2. The molecule has 0 radical (unpaired) electrons. The van der Waals surface area contributed by atoms with Gasteiger partial charge in [0.05, 0.1) is 20.1 Å². The molecule has 2 aliphatic heterocycles. The van der Waals surface area contributed by atoms with Crippen LogP contribution in [0.1, 0.15) is 39.0 Å². The molecule has 0 aliphatic carbocycles. The first-order chi connectivity index (χ1) is 12.6. The number of nitrogens with zero attached hydrogens (tertiary/aromatic N) is 2. The quantitative estimate of drug-likeness (QED) is 0.810. The van der Waals surface area contributed by atoms with E-state index in [9.17, 15) is 9.59 Å². The Kier molecular flexibility index (Phi) is 5.69. The van der Waals surface area contributed by atoms with Crippen LogP contribution in [-0.4, -0.2) is 50.1 Å². The molecule has 2 atom stereocenters. The molecular weight excluding hydrogens is 332 g/mol. The number of amides is 2. The van der Waals surface area contributed by atoms with Crippen LogP contribution in [0.4, 0.5) is 5.69 Å². The predicted octanol–water partition coefficient (Wildman–Crippen LogP) is 2.85. The molecule has 2 fully saturated rings. The molecule has 2 unspecified atom stereocenters. The van der Waals surface area contributed by atoms with E-state index in [0.29, 0.717) is 24.1 Å². The molecule has 0 saturated carbocycles. The van der Waals surface area contributed by atoms with Gasteiger partial charge in [0.1, 0.15) is 0 Å². The molecule has 26 heavy (non-hydrogen) atoms. The van der Waals surface area contributed by atoms with Gasteiger partial charge >= 0.3 is 0 Å². The van der Waals surface area contributed by atoms with Crippen molar-refractivity contribution in [1.82, 2.24) is 4.90 Å². The summed E-state index contributed by atoms with van der Waals surface area (Å²) < 4.78 is 10.6. The summed E-state index contributed by atoms with van der Waals surface area (Å²) in [6, 6.07) is 5.73. The third-order valence-corrected chi connectivity index (χ3v) is 5.53. The summed E-state index contributed by atoms with van der Waals surface area (Å²) in [5.41, 5.74) is 0.744. The standard InChI is InChI=1S/C20H28N2O4/c1-4-15-7-5-6-10-21(15)20(24)14-11-19(23)22(13-14)16-8-9-17(25-2)18(12-16)26-3/h8-9,12,14-15H,4-7,10-11,13H2,1-3H3. The second-order valence-corrected chi connectivity index (χ2v) is 7.03. The topological polar surface area (TPSA) is 59.1 Å². The minimum atomic E-state index is -0.261. The Balaban J connectivity index is 1.75. The van der Waals surface area contributed by atoms with Gasteiger partial charge in [0.2, 0.25) is 11.8 Å². The summed E-state index contributed by atoms with van der Waals surface area (Å²) in [5, 5.41) is 0. The summed E-state index contributed by atoms with van der Waals surface area (Å²) >= 11 is 0. The maximum atomic E-state index is 13.0. The van der Waals surface area contributed by atoms with E-state index in [2.05, 4.69) is 6.92 Å². The molecule has 2 heterocycles. The van der Waals surface area contributed by atoms with Crippen molar-refractivity contribution in [3.63, 3.8) is 0 Å². The van der Waals surface area contributed by atoms with Crippen molar-refractivity contribution >= 4 is 17.5 Å². The van der Waals surface area contributed by atoms with Crippen molar-refractivity contribution < 1.29 is 19.1 Å². The van der Waals surface area contributed by atoms with Crippen LogP contribution in [-0.2, 0) is 9.59 Å². The van der Waals surface area contributed by atoms with Crippen LogP contribution in [0, 0.1) is 5.92 Å². The summed E-state index contributed by atoms with van der Waals surface area (Å²) in [6.45, 7) is 3.38. The Morgan fingerprint density at radius 1 is 1.19 bits per heavy atom. The van der Waals surface area contributed by atoms with E-state index in [1.165, 1.54) is 6.42 Å². The molecule has 142 valence electrons. The average molecular weight is 360 g/mol. The molecule has 0 spiro atoms. The fraction of sp³-hybridized carbons (Fsp3) is 0.600. The molecule has 2 saturated heterocycles. The molecule has 0 N–H and O–H groups in total. The third kappa shape index (κ3) is 3.50. The number of hydrogen-bond donors (Lipinski definition) is 0. The number of carbonyl (C=O) groups excluding carboxylic acids is 2. The van der Waals surface area contributed by atoms with Gasteiger partial charge in [0.25, 0.3) is 0 Å². The van der Waals surface area contributed by atoms with Gasteiger partial charge in [-0.05, 0) is 37.8 Å². The van der Waals surface area contributed by atoms with Crippen LogP contribution in [0.15, 0.2) is 18.2 Å². The Morgan fingerprint density at radius 2 is 1.96 bits per heavy atom. The lowest BCUT2D eigenvalue weighted by Gasteiger charge is -2.36. The minimum absolute atomic E-state index is 0.0133. The maximum Gasteiger partial charge on any atom is 0.228 e. The Hall–Kier alpha value is -2.24. The van der Waals surface area contributed by atoms with Gasteiger partial charge in [-0.2, -0.15) is 0 Å². The van der Waals surface area contributed by atoms with E-state index >= 15 is 0 Å². The first-order valence-corrected chi connectivity index (χ1v) is 9.41. The SMILES string of the molecule is CCC1CCCCN1C(=O)C1CC(=O)N(c2ccc(OC)c(OC)c2)C1. The van der Waals surface area contributed by atoms with Crippen LogP contribution in [0.25, 0.3) is 0 Å². The van der Waals surface area contributed by atoms with Crippen LogP contribution >= 0.6 is 0 Å². The fourth-order valence-corrected chi connectivity index (χ4v) is 4.07. The number of hydrogen-bond acceptors (Lipinski definition) is 4. The highest BCUT2D eigenvalue weighted by Crippen LogP contribution is 2.35. The highest BCUT2D eigenvalue weighted by atomic mass is 16.5. The summed E-state index contributed by atoms with van der Waals surface area (Å²) in [4.78, 5) is 29.3. The van der Waals surface area contributed by atoms with E-state index in [1.54, 1.807) is 31.3 Å². The zero-order valence-corrected chi connectivity index (χ0v) is 15.9. The second kappa shape index (κ2) is 7.98. The van der Waals surface area contributed by atoms with Crippen molar-refractivity contribution in [2.24, 2.45) is 5.92 Å². The lowest BCUT2D eigenvalue weighted by Crippen LogP contribution is -2.46. The summed E-state index contributed by atoms with van der Waals surface area (Å²) in [7, 11) is 3.15. The van der Waals surface area contributed by atoms with Gasteiger partial charge in [0, 0.05) is 37.3 Å². The van der Waals surface area contributed by atoms with Crippen molar-refractivity contribution in [2.45, 2.75) is 45.1 Å². The van der Waals surface area contributed by atoms with Crippen molar-refractivity contribution in [3.8, 4) is 11.5 Å². The number of rotatable bonds is 5. The van der Waals surface area contributed by atoms with Gasteiger partial charge in [-0.15, -0.1) is 0 Å². The zero-order valence-electron chi connectivity index (χ0n) is 15.9. The highest BCUT2D eigenvalue weighted by molar-refractivity contribution is 6.00. The zero-order chi connectivity index (χ0) is 18.7. The molecule has 0 aromatic heterocycles. The van der Waals surface area contributed by atoms with Crippen LogP contribution in [0.3, 0.4) is 0 Å². The first-order valence-electron chi connectivity index (χ1n) is 9.41. The van der Waals surface area contributed by atoms with Crippen molar-refractivity contribution in [3.05, 3.63) is 18.2 Å². The molecule has 2 amide bonds. The van der Waals surface area contributed by atoms with Gasteiger partial charge in [-0.1, -0.05) is 6.92 Å². The first kappa shape index (κ1) is 18.5. The van der Waals surface area contributed by atoms with Crippen molar-refractivity contribution in [2.75, 3.05) is 32.2 Å². The molecule has 6 nitrogen and oxygen atoms in total. The number of piperidine rings is 1. The van der Waals surface area contributed by atoms with Gasteiger partial charge < -0.3 is 19.3 Å². The molecule has 1 aromatic rings. The number of carbonyl (C=O) groups is 2. The maximum absolute atomic E-state index is 13.0. The van der Waals surface area contributed by atoms with E-state index < -0.39 is 0 Å². The second-order valence-electron chi connectivity index (χ2n) is 7.03. The normalized spacial score (nSPS) is 23.3. The molecule has 1 aromatic carbocycles. The van der Waals surface area contributed by atoms with Gasteiger partial charge in [0.15, 0.2) is 11.5 Å². The van der Waals surface area contributed by atoms with Gasteiger partial charge in [-0.3, -0.25) is 9.59 Å². The Bertz CT molecular complexity index is 676. The largest absolute Gasteiger partial charge is 0.493 e. The Labute approximate surface area is 155 Å². The molecular formula is C20H28N2O4. The Morgan fingerprint density at radius 3 is 2.65 bits per heavy atom. The average Bonchev–Trinajstić information content (AvgIpc) is 3.08. The van der Waals surface area contributed by atoms with Gasteiger partial charge in [-0.25, -0.2) is 0 Å². The minimum Gasteiger partial charge on any atom is -0.493 e. The van der Waals surface area contributed by atoms with E-state index in [4.69, 9.17) is 9.47 Å². The lowest BCUT2D eigenvalue weighted by atomic mass is 9.97. The van der Waals surface area contributed by atoms with E-state index in [0.717, 1.165) is 31.5 Å². The van der Waals surface area contributed by atoms with Crippen LogP contribution in [0.5, 0.6) is 11.5 Å². The van der Waals surface area contributed by atoms with Crippen LogP contribution in [0.2, 0.25) is 0 Å². The smallest absolute Gasteiger partial charge is 0.228 e. The van der Waals surface area contributed by atoms with E-state index in [1.807, 2.05) is 11.0 Å². The third-order valence-electron chi connectivity index (χ3n) is 5.53. The molecule has 6 heteroatoms. The molecule has 3 rings (SSSR count). The van der Waals surface area contributed by atoms with Crippen LogP contribution < -0.4 is 14.4 Å². The number of methoxy groups -OCH3 is 2. The number of likely N-dealkylation sites (tertiary alicyclic amines) is 1. The predicted molar refractivity (Wildman–Crippen MR) is 99.6 cm³/mol. The molecule has 2 aliphatic rings. The molecule has 0 bridgehead atoms. The summed E-state index contributed by atoms with van der Waals surface area (Å²) in [6.07, 6.45) is 4.57. The van der Waals surface area contributed by atoms with Crippen molar-refractivity contribution in [1.29, 1.82) is 0 Å². The summed E-state index contributed by atoms with van der Waals surface area (Å²) in [5.74, 6) is 1.06. The fourth-order valence-electron chi connectivity index (χ4n) is 4.07. The highest BCUT2D eigenvalue weighted by Gasteiger charge is 2.39. The number of benzene rings is 1. The monoisotopic (exact) mass is 360 g/mol. The lowest BCUT2D eigenvalue weighted by molar-refractivity contribution is -0.139.